The largest absolute Gasteiger partial charge is 0.372 e. The zero-order valence-electron chi connectivity index (χ0n) is 10.4. The summed E-state index contributed by atoms with van der Waals surface area (Å²) >= 11 is 0. The van der Waals surface area contributed by atoms with Crippen LogP contribution in [0, 0.1) is 0 Å². The maximum absolute atomic E-state index is 12.4. The molecule has 3 heterocycles. The number of carbonyl (C=O) groups is 2. The van der Waals surface area contributed by atoms with Gasteiger partial charge in [-0.05, 0) is 24.5 Å². The molecule has 1 aromatic heterocycles. The second kappa shape index (κ2) is 4.62. The van der Waals surface area contributed by atoms with E-state index < -0.39 is 6.23 Å². The molecule has 2 aliphatic rings. The van der Waals surface area contributed by atoms with E-state index in [0.717, 1.165) is 12.0 Å². The Morgan fingerprint density at radius 3 is 3.00 bits per heavy atom. The first kappa shape index (κ1) is 12.1. The van der Waals surface area contributed by atoms with Crippen molar-refractivity contribution in [2.24, 2.45) is 0 Å². The number of hydrogen-bond acceptors (Lipinski definition) is 4. The zero-order chi connectivity index (χ0) is 13.4. The number of amides is 2. The van der Waals surface area contributed by atoms with Crippen molar-refractivity contribution < 1.29 is 14.7 Å². The lowest BCUT2D eigenvalue weighted by atomic mass is 9.96. The summed E-state index contributed by atoms with van der Waals surface area (Å²) in [5.41, 5.74) is 1.59. The number of aliphatic hydroxyl groups excluding tert-OH is 1. The Balaban J connectivity index is 1.84. The van der Waals surface area contributed by atoms with Gasteiger partial charge in [0.25, 0.3) is 5.91 Å². The van der Waals surface area contributed by atoms with E-state index in [1.807, 2.05) is 6.07 Å². The Bertz CT molecular complexity index is 532. The lowest BCUT2D eigenvalue weighted by molar-refractivity contribution is -0.129. The van der Waals surface area contributed by atoms with Crippen LogP contribution in [0.4, 0.5) is 0 Å². The van der Waals surface area contributed by atoms with Crippen molar-refractivity contribution >= 4 is 11.8 Å². The first-order valence-electron chi connectivity index (χ1n) is 6.38. The third-order valence-electron chi connectivity index (χ3n) is 3.77. The van der Waals surface area contributed by atoms with E-state index in [4.69, 9.17) is 0 Å². The van der Waals surface area contributed by atoms with Crippen LogP contribution < -0.4 is 5.32 Å². The van der Waals surface area contributed by atoms with Gasteiger partial charge in [-0.1, -0.05) is 0 Å². The minimum absolute atomic E-state index is 0.116. The van der Waals surface area contributed by atoms with Gasteiger partial charge in [0.1, 0.15) is 6.23 Å². The number of nitrogens with zero attached hydrogens (tertiary/aromatic N) is 2. The molecular formula is C13H15N3O3. The molecule has 0 radical (unpaired) electrons. The van der Waals surface area contributed by atoms with Gasteiger partial charge in [0.15, 0.2) is 0 Å². The quantitative estimate of drug-likeness (QED) is 0.725. The maximum Gasteiger partial charge on any atom is 0.256 e. The van der Waals surface area contributed by atoms with Gasteiger partial charge < -0.3 is 15.3 Å². The molecule has 1 aromatic rings. The van der Waals surface area contributed by atoms with Gasteiger partial charge in [-0.15, -0.1) is 0 Å². The number of fused-ring (bicyclic) bond motifs is 1. The Morgan fingerprint density at radius 1 is 1.37 bits per heavy atom. The van der Waals surface area contributed by atoms with E-state index in [1.165, 1.54) is 0 Å². The fourth-order valence-corrected chi connectivity index (χ4v) is 2.74. The number of piperidine rings is 1. The average Bonchev–Trinajstić information content (AvgIpc) is 2.41. The molecule has 6 heteroatoms. The topological polar surface area (TPSA) is 82.5 Å². The molecule has 100 valence electrons. The van der Waals surface area contributed by atoms with Gasteiger partial charge in [0.05, 0.1) is 11.6 Å². The molecule has 0 bridgehead atoms. The molecule has 3 rings (SSSR count). The monoisotopic (exact) mass is 261 g/mol. The van der Waals surface area contributed by atoms with Crippen molar-refractivity contribution in [1.82, 2.24) is 15.2 Å². The van der Waals surface area contributed by atoms with Crippen LogP contribution in [0.15, 0.2) is 18.5 Å². The molecule has 0 saturated carbocycles. The summed E-state index contributed by atoms with van der Waals surface area (Å²) in [6, 6.07) is 1.50. The molecule has 0 spiro atoms. The Labute approximate surface area is 110 Å². The number of rotatable bonds is 1. The number of carbonyl (C=O) groups excluding carboxylic acids is 2. The van der Waals surface area contributed by atoms with Gasteiger partial charge in [-0.3, -0.25) is 14.6 Å². The van der Waals surface area contributed by atoms with Crippen LogP contribution in [0.5, 0.6) is 0 Å². The van der Waals surface area contributed by atoms with Crippen molar-refractivity contribution in [1.29, 1.82) is 0 Å². The summed E-state index contributed by atoms with van der Waals surface area (Å²) in [6.07, 6.45) is 3.85. The maximum atomic E-state index is 12.4. The van der Waals surface area contributed by atoms with E-state index in [1.54, 1.807) is 17.3 Å². The molecule has 2 N–H and O–H groups in total. The highest BCUT2D eigenvalue weighted by atomic mass is 16.3. The zero-order valence-corrected chi connectivity index (χ0v) is 10.4. The number of nitrogens with one attached hydrogen (secondary N) is 1. The lowest BCUT2D eigenvalue weighted by Crippen LogP contribution is -2.58. The number of pyridine rings is 1. The minimum atomic E-state index is -0.983. The van der Waals surface area contributed by atoms with Crippen LogP contribution >= 0.6 is 0 Å². The van der Waals surface area contributed by atoms with E-state index >= 15 is 0 Å². The van der Waals surface area contributed by atoms with E-state index in [0.29, 0.717) is 24.9 Å². The fourth-order valence-electron chi connectivity index (χ4n) is 2.74. The Kier molecular flexibility index (Phi) is 2.94. The third kappa shape index (κ3) is 2.08. The first-order valence-corrected chi connectivity index (χ1v) is 6.38. The van der Waals surface area contributed by atoms with Crippen molar-refractivity contribution in [3.8, 4) is 0 Å². The second-order valence-corrected chi connectivity index (χ2v) is 4.90. The van der Waals surface area contributed by atoms with Crippen LogP contribution in [-0.2, 0) is 11.2 Å². The van der Waals surface area contributed by atoms with Crippen LogP contribution in [-0.4, -0.2) is 45.6 Å². The molecule has 1 fully saturated rings. The predicted octanol–water partition coefficient (Wildman–Crippen LogP) is -0.323. The van der Waals surface area contributed by atoms with Gasteiger partial charge in [-0.2, -0.15) is 0 Å². The minimum Gasteiger partial charge on any atom is -0.372 e. The normalized spacial score (nSPS) is 26.9. The predicted molar refractivity (Wildman–Crippen MR) is 66.1 cm³/mol. The molecule has 0 aliphatic carbocycles. The molecular weight excluding hydrogens is 246 g/mol. The van der Waals surface area contributed by atoms with Crippen molar-refractivity contribution in [2.75, 3.05) is 6.54 Å². The lowest BCUT2D eigenvalue weighted by Gasteiger charge is -2.39. The summed E-state index contributed by atoms with van der Waals surface area (Å²) in [7, 11) is 0. The highest BCUT2D eigenvalue weighted by Crippen LogP contribution is 2.23. The van der Waals surface area contributed by atoms with Crippen molar-refractivity contribution in [3.63, 3.8) is 0 Å². The van der Waals surface area contributed by atoms with E-state index in [9.17, 15) is 14.7 Å². The highest BCUT2D eigenvalue weighted by molar-refractivity contribution is 5.96. The van der Waals surface area contributed by atoms with Crippen molar-refractivity contribution in [2.45, 2.75) is 31.5 Å². The molecule has 0 aromatic carbocycles. The Morgan fingerprint density at radius 2 is 2.21 bits per heavy atom. The molecule has 19 heavy (non-hydrogen) atoms. The molecule has 1 saturated heterocycles. The fraction of sp³-hybridized carbons (Fsp3) is 0.462. The van der Waals surface area contributed by atoms with Crippen LogP contribution in [0.3, 0.4) is 0 Å². The van der Waals surface area contributed by atoms with E-state index in [-0.39, 0.29) is 17.9 Å². The van der Waals surface area contributed by atoms with Crippen LogP contribution in [0.2, 0.25) is 0 Å². The van der Waals surface area contributed by atoms with Crippen molar-refractivity contribution in [3.05, 3.63) is 29.6 Å². The highest BCUT2D eigenvalue weighted by Gasteiger charge is 2.37. The molecule has 6 nitrogen and oxygen atoms in total. The third-order valence-corrected chi connectivity index (χ3v) is 3.77. The summed E-state index contributed by atoms with van der Waals surface area (Å²) in [5.74, 6) is -0.287. The van der Waals surface area contributed by atoms with Crippen LogP contribution in [0.1, 0.15) is 28.8 Å². The average molecular weight is 261 g/mol. The number of aliphatic hydroxyl groups is 1. The molecule has 2 atom stereocenters. The molecule has 2 amide bonds. The number of aromatic nitrogens is 1. The van der Waals surface area contributed by atoms with Crippen LogP contribution in [0.25, 0.3) is 0 Å². The molecule has 2 unspecified atom stereocenters. The Hall–Kier alpha value is -1.95. The second-order valence-electron chi connectivity index (χ2n) is 4.90. The smallest absolute Gasteiger partial charge is 0.256 e. The van der Waals surface area contributed by atoms with Gasteiger partial charge >= 0.3 is 0 Å². The van der Waals surface area contributed by atoms with Gasteiger partial charge in [0, 0.05) is 25.4 Å². The van der Waals surface area contributed by atoms with Gasteiger partial charge in [-0.25, -0.2) is 0 Å². The van der Waals surface area contributed by atoms with E-state index in [2.05, 4.69) is 10.3 Å². The standard InChI is InChI=1S/C13H15N3O3/c17-11-2-1-10(12(18)15-11)16-6-4-8-3-5-14-7-9(8)13(16)19/h3,5,7,10,12,18H,1-2,4,6H2,(H,15,17). The summed E-state index contributed by atoms with van der Waals surface area (Å²) in [4.78, 5) is 29.2. The summed E-state index contributed by atoms with van der Waals surface area (Å²) in [6.45, 7) is 0.563. The summed E-state index contributed by atoms with van der Waals surface area (Å²) in [5, 5.41) is 12.4. The van der Waals surface area contributed by atoms with Gasteiger partial charge in [0.2, 0.25) is 5.91 Å². The number of hydrogen-bond donors (Lipinski definition) is 2. The summed E-state index contributed by atoms with van der Waals surface area (Å²) < 4.78 is 0. The SMILES string of the molecule is O=C1CCC(N2CCc3ccncc3C2=O)C(O)N1. The first-order chi connectivity index (χ1) is 9.16. The molecule has 2 aliphatic heterocycles.